The highest BCUT2D eigenvalue weighted by Gasteiger charge is 2.37. The Balaban J connectivity index is 2.56. The van der Waals surface area contributed by atoms with Gasteiger partial charge in [0.05, 0.1) is 0 Å². The van der Waals surface area contributed by atoms with Crippen molar-refractivity contribution >= 4 is 17.9 Å². The minimum absolute atomic E-state index is 0.0397. The van der Waals surface area contributed by atoms with E-state index in [0.29, 0.717) is 29.7 Å². The summed E-state index contributed by atoms with van der Waals surface area (Å²) in [5, 5.41) is 26.7. The fraction of sp³-hybridized carbons (Fsp3) is 0.583. The van der Waals surface area contributed by atoms with Gasteiger partial charge in [0.2, 0.25) is 11.8 Å². The summed E-state index contributed by atoms with van der Waals surface area (Å²) in [6, 6.07) is 9.43. The van der Waals surface area contributed by atoms with Crippen LogP contribution in [-0.2, 0) is 20.7 Å². The van der Waals surface area contributed by atoms with Crippen LogP contribution >= 0.6 is 0 Å². The normalized spacial score (nSPS) is 12.7. The molecular weight excluding hydrogens is 570 g/mol. The molecule has 0 radical (unpaired) electrons. The SMILES string of the molecule is CCCCCCCCN(C(=O)C(Cc1ccc(O)cc1)NC(=O)OC(C)(C)C)C(C(=O)NCCCCC)c1cccc(C)c1O. The summed E-state index contributed by atoms with van der Waals surface area (Å²) in [5.74, 6) is -0.799. The first-order valence-corrected chi connectivity index (χ1v) is 16.5. The molecule has 4 N–H and O–H groups in total. The summed E-state index contributed by atoms with van der Waals surface area (Å²) in [6.45, 7) is 11.9. The lowest BCUT2D eigenvalue weighted by Crippen LogP contribution is -2.54. The van der Waals surface area contributed by atoms with Gasteiger partial charge in [-0.05, 0) is 63.8 Å². The van der Waals surface area contributed by atoms with Crippen molar-refractivity contribution in [2.24, 2.45) is 0 Å². The Kier molecular flexibility index (Phi) is 15.7. The van der Waals surface area contributed by atoms with Gasteiger partial charge in [-0.2, -0.15) is 0 Å². The van der Waals surface area contributed by atoms with Crippen molar-refractivity contribution in [3.63, 3.8) is 0 Å². The zero-order valence-electron chi connectivity index (χ0n) is 28.2. The minimum atomic E-state index is -1.11. The molecule has 2 aromatic carbocycles. The summed E-state index contributed by atoms with van der Waals surface area (Å²) in [5.41, 5.74) is 0.849. The fourth-order valence-electron chi connectivity index (χ4n) is 5.18. The number of hydrogen-bond acceptors (Lipinski definition) is 6. The van der Waals surface area contributed by atoms with Crippen LogP contribution in [0.1, 0.15) is 115 Å². The maximum Gasteiger partial charge on any atom is 0.408 e. The van der Waals surface area contributed by atoms with Crippen LogP contribution in [0.15, 0.2) is 42.5 Å². The van der Waals surface area contributed by atoms with Gasteiger partial charge >= 0.3 is 6.09 Å². The predicted molar refractivity (Wildman–Crippen MR) is 178 cm³/mol. The number of aryl methyl sites for hydroxylation is 1. The van der Waals surface area contributed by atoms with Crippen LogP contribution in [-0.4, -0.2) is 57.8 Å². The molecule has 3 amide bonds. The Morgan fingerprint density at radius 2 is 1.49 bits per heavy atom. The lowest BCUT2D eigenvalue weighted by molar-refractivity contribution is -0.142. The number of para-hydroxylation sites is 1. The number of ether oxygens (including phenoxy) is 1. The number of benzene rings is 2. The molecule has 0 fully saturated rings. The van der Waals surface area contributed by atoms with Gasteiger partial charge in [0.25, 0.3) is 0 Å². The van der Waals surface area contributed by atoms with Crippen LogP contribution in [0.3, 0.4) is 0 Å². The molecule has 2 unspecified atom stereocenters. The number of unbranched alkanes of at least 4 members (excludes halogenated alkanes) is 7. The largest absolute Gasteiger partial charge is 0.508 e. The quantitative estimate of drug-likeness (QED) is 0.131. The number of amides is 3. The molecule has 2 aromatic rings. The lowest BCUT2D eigenvalue weighted by atomic mass is 9.97. The number of nitrogens with zero attached hydrogens (tertiary/aromatic N) is 1. The third kappa shape index (κ3) is 13.0. The second kappa shape index (κ2) is 18.9. The standard InChI is InChI=1S/C36H55N3O6/c1-7-9-11-12-13-15-24-39(31(33(42)37-23-14-10-8-2)29-18-16-17-26(3)32(29)41)34(43)30(38-35(44)45-36(4,5)6)25-27-19-21-28(40)22-20-27/h16-22,30-31,40-41H,7-15,23-25H2,1-6H3,(H,37,42)(H,38,44). The molecule has 0 bridgehead atoms. The van der Waals surface area contributed by atoms with Gasteiger partial charge in [-0.15, -0.1) is 0 Å². The summed E-state index contributed by atoms with van der Waals surface area (Å²) in [6.07, 6.45) is 7.98. The van der Waals surface area contributed by atoms with E-state index in [1.54, 1.807) is 58.0 Å². The minimum Gasteiger partial charge on any atom is -0.508 e. The molecule has 2 rings (SSSR count). The van der Waals surface area contributed by atoms with Crippen molar-refractivity contribution in [3.8, 4) is 11.5 Å². The zero-order valence-corrected chi connectivity index (χ0v) is 28.2. The van der Waals surface area contributed by atoms with E-state index in [1.807, 2.05) is 0 Å². The Labute approximate surface area is 269 Å². The van der Waals surface area contributed by atoms with E-state index in [0.717, 1.165) is 51.4 Å². The molecule has 45 heavy (non-hydrogen) atoms. The van der Waals surface area contributed by atoms with Crippen molar-refractivity contribution in [2.45, 2.75) is 123 Å². The van der Waals surface area contributed by atoms with E-state index < -0.39 is 29.7 Å². The Hall–Kier alpha value is -3.75. The highest BCUT2D eigenvalue weighted by Crippen LogP contribution is 2.33. The first-order valence-electron chi connectivity index (χ1n) is 16.5. The van der Waals surface area contributed by atoms with Gasteiger partial charge < -0.3 is 30.5 Å². The lowest BCUT2D eigenvalue weighted by Gasteiger charge is -2.35. The predicted octanol–water partition coefficient (Wildman–Crippen LogP) is 7.08. The van der Waals surface area contributed by atoms with Crippen molar-refractivity contribution in [1.29, 1.82) is 0 Å². The number of phenols is 2. The van der Waals surface area contributed by atoms with Gasteiger partial charge in [0.1, 0.15) is 29.2 Å². The highest BCUT2D eigenvalue weighted by molar-refractivity contribution is 5.92. The van der Waals surface area contributed by atoms with E-state index in [-0.39, 0.29) is 30.4 Å². The second-order valence-electron chi connectivity index (χ2n) is 12.8. The first-order chi connectivity index (χ1) is 21.4. The number of carbonyl (C=O) groups is 3. The third-order valence-electron chi connectivity index (χ3n) is 7.60. The summed E-state index contributed by atoms with van der Waals surface area (Å²) in [7, 11) is 0. The average Bonchev–Trinajstić information content (AvgIpc) is 2.97. The van der Waals surface area contributed by atoms with Crippen LogP contribution in [0.5, 0.6) is 11.5 Å². The Morgan fingerprint density at radius 3 is 2.13 bits per heavy atom. The number of carbonyl (C=O) groups excluding carboxylic acids is 3. The van der Waals surface area contributed by atoms with Gasteiger partial charge in [-0.1, -0.05) is 89.1 Å². The smallest absolute Gasteiger partial charge is 0.408 e. The second-order valence-corrected chi connectivity index (χ2v) is 12.8. The third-order valence-corrected chi connectivity index (χ3v) is 7.60. The van der Waals surface area contributed by atoms with Crippen molar-refractivity contribution in [2.75, 3.05) is 13.1 Å². The molecule has 0 heterocycles. The number of phenolic OH excluding ortho intramolecular Hbond substituents is 2. The van der Waals surface area contributed by atoms with Crippen LogP contribution in [0, 0.1) is 6.92 Å². The maximum absolute atomic E-state index is 14.6. The molecule has 2 atom stereocenters. The number of nitrogens with one attached hydrogen (secondary N) is 2. The van der Waals surface area contributed by atoms with E-state index >= 15 is 0 Å². The van der Waals surface area contributed by atoms with Crippen molar-refractivity contribution in [1.82, 2.24) is 15.5 Å². The Morgan fingerprint density at radius 1 is 0.867 bits per heavy atom. The number of rotatable bonds is 18. The number of hydrogen-bond donors (Lipinski definition) is 4. The molecule has 0 aromatic heterocycles. The van der Waals surface area contributed by atoms with Gasteiger partial charge in [-0.25, -0.2) is 4.79 Å². The van der Waals surface area contributed by atoms with Crippen molar-refractivity contribution in [3.05, 3.63) is 59.2 Å². The van der Waals surface area contributed by atoms with E-state index in [4.69, 9.17) is 4.74 Å². The van der Waals surface area contributed by atoms with E-state index in [2.05, 4.69) is 24.5 Å². The zero-order chi connectivity index (χ0) is 33.4. The summed E-state index contributed by atoms with van der Waals surface area (Å²) < 4.78 is 5.51. The van der Waals surface area contributed by atoms with E-state index in [9.17, 15) is 24.6 Å². The van der Waals surface area contributed by atoms with Gasteiger partial charge in [0.15, 0.2) is 0 Å². The summed E-state index contributed by atoms with van der Waals surface area (Å²) in [4.78, 5) is 43.1. The monoisotopic (exact) mass is 625 g/mol. The molecule has 0 aliphatic carbocycles. The van der Waals surface area contributed by atoms with Crippen LogP contribution in [0.2, 0.25) is 0 Å². The number of aromatic hydroxyl groups is 2. The molecule has 0 spiro atoms. The van der Waals surface area contributed by atoms with Crippen LogP contribution < -0.4 is 10.6 Å². The van der Waals surface area contributed by atoms with Crippen LogP contribution in [0.25, 0.3) is 0 Å². The summed E-state index contributed by atoms with van der Waals surface area (Å²) >= 11 is 0. The van der Waals surface area contributed by atoms with Gasteiger partial charge in [0, 0.05) is 25.1 Å². The molecule has 9 heteroatoms. The van der Waals surface area contributed by atoms with E-state index in [1.165, 1.54) is 17.0 Å². The molecule has 0 saturated heterocycles. The molecule has 250 valence electrons. The average molecular weight is 626 g/mol. The van der Waals surface area contributed by atoms with Crippen LogP contribution in [0.4, 0.5) is 4.79 Å². The molecule has 0 aliphatic heterocycles. The molecular formula is C36H55N3O6. The van der Waals surface area contributed by atoms with Crippen molar-refractivity contribution < 1.29 is 29.3 Å². The molecule has 0 aliphatic rings. The highest BCUT2D eigenvalue weighted by atomic mass is 16.6. The first kappa shape index (κ1) is 37.4. The Bertz CT molecular complexity index is 1210. The number of alkyl carbamates (subject to hydrolysis) is 1. The topological polar surface area (TPSA) is 128 Å². The molecule has 9 nitrogen and oxygen atoms in total. The molecule has 0 saturated carbocycles. The maximum atomic E-state index is 14.6. The van der Waals surface area contributed by atoms with Gasteiger partial charge in [-0.3, -0.25) is 9.59 Å². The fourth-order valence-corrected chi connectivity index (χ4v) is 5.18.